The molecule has 200 valence electrons. The minimum absolute atomic E-state index is 0.423. The van der Waals surface area contributed by atoms with Gasteiger partial charge in [-0.15, -0.1) is 0 Å². The lowest BCUT2D eigenvalue weighted by Crippen LogP contribution is -2.29. The Balaban J connectivity index is 1.74. The van der Waals surface area contributed by atoms with Crippen molar-refractivity contribution in [1.82, 2.24) is 9.38 Å². The zero-order chi connectivity index (χ0) is 28.0. The van der Waals surface area contributed by atoms with Crippen LogP contribution in [0.25, 0.3) is 60.3 Å². The normalized spacial score (nSPS) is 12.7. The Hall–Kier alpha value is -3.98. The summed E-state index contributed by atoms with van der Waals surface area (Å²) in [5.74, 6) is 1.34. The quantitative estimate of drug-likeness (QED) is 0.128. The lowest BCUT2D eigenvalue weighted by atomic mass is 9.81. The summed E-state index contributed by atoms with van der Waals surface area (Å²) < 4.78 is 4.75. The molecular weight excluding hydrogens is 486 g/mol. The van der Waals surface area contributed by atoms with E-state index in [9.17, 15) is 0 Å². The van der Waals surface area contributed by atoms with Crippen molar-refractivity contribution < 1.29 is 4.57 Å². The molecule has 0 atom stereocenters. The van der Waals surface area contributed by atoms with Crippen LogP contribution in [0, 0.1) is 6.92 Å². The van der Waals surface area contributed by atoms with Crippen molar-refractivity contribution in [2.75, 3.05) is 0 Å². The van der Waals surface area contributed by atoms with Crippen molar-refractivity contribution in [3.05, 3.63) is 89.2 Å². The van der Waals surface area contributed by atoms with Gasteiger partial charge in [0.05, 0.1) is 21.8 Å². The largest absolute Gasteiger partial charge is 0.292 e. The van der Waals surface area contributed by atoms with Crippen LogP contribution in [0.15, 0.2) is 67.0 Å². The van der Waals surface area contributed by atoms with Gasteiger partial charge in [0.2, 0.25) is 5.52 Å². The van der Waals surface area contributed by atoms with Crippen molar-refractivity contribution >= 4 is 49.1 Å². The van der Waals surface area contributed by atoms with E-state index in [-0.39, 0.29) is 0 Å². The summed E-state index contributed by atoms with van der Waals surface area (Å²) in [5, 5.41) is 6.37. The van der Waals surface area contributed by atoms with E-state index in [2.05, 4.69) is 125 Å². The van der Waals surface area contributed by atoms with Crippen molar-refractivity contribution in [2.24, 2.45) is 7.05 Å². The number of benzene rings is 3. The highest BCUT2D eigenvalue weighted by atomic mass is 15.0. The Kier molecular flexibility index (Phi) is 5.48. The Morgan fingerprint density at radius 1 is 0.775 bits per heavy atom. The van der Waals surface area contributed by atoms with E-state index in [4.69, 9.17) is 4.98 Å². The molecule has 40 heavy (non-hydrogen) atoms. The van der Waals surface area contributed by atoms with Crippen LogP contribution in [-0.4, -0.2) is 9.38 Å². The van der Waals surface area contributed by atoms with E-state index in [1.807, 2.05) is 6.20 Å². The highest BCUT2D eigenvalue weighted by Gasteiger charge is 2.26. The summed E-state index contributed by atoms with van der Waals surface area (Å²) in [4.78, 5) is 4.96. The summed E-state index contributed by atoms with van der Waals surface area (Å²) in [7, 11) is 2.18. The first-order chi connectivity index (χ1) is 19.2. The van der Waals surface area contributed by atoms with Gasteiger partial charge in [-0.25, -0.2) is 9.55 Å². The molecule has 0 aliphatic heterocycles. The molecular formula is C37H38N3+. The van der Waals surface area contributed by atoms with Crippen LogP contribution in [0.4, 0.5) is 0 Å². The summed E-state index contributed by atoms with van der Waals surface area (Å²) in [6, 6.07) is 20.9. The van der Waals surface area contributed by atoms with Gasteiger partial charge < -0.3 is 0 Å². The number of hydrogen-bond acceptors (Lipinski definition) is 1. The zero-order valence-corrected chi connectivity index (χ0v) is 24.9. The van der Waals surface area contributed by atoms with Gasteiger partial charge in [0.25, 0.3) is 0 Å². The number of rotatable bonds is 4. The molecule has 0 saturated heterocycles. The van der Waals surface area contributed by atoms with Gasteiger partial charge in [0.15, 0.2) is 6.20 Å². The van der Waals surface area contributed by atoms with Gasteiger partial charge in [-0.3, -0.25) is 4.40 Å². The van der Waals surface area contributed by atoms with Crippen LogP contribution in [0.1, 0.15) is 81.5 Å². The Morgan fingerprint density at radius 3 is 2.17 bits per heavy atom. The molecule has 3 heteroatoms. The topological polar surface area (TPSA) is 21.2 Å². The molecule has 0 saturated carbocycles. The average Bonchev–Trinajstić information content (AvgIpc) is 3.27. The predicted molar refractivity (Wildman–Crippen MR) is 170 cm³/mol. The van der Waals surface area contributed by atoms with Crippen molar-refractivity contribution in [3.8, 4) is 11.1 Å². The van der Waals surface area contributed by atoms with Crippen LogP contribution in [0.2, 0.25) is 0 Å². The number of fused-ring (bicyclic) bond motifs is 5. The summed E-state index contributed by atoms with van der Waals surface area (Å²) in [6.07, 6.45) is 4.16. The summed E-state index contributed by atoms with van der Waals surface area (Å²) >= 11 is 0. The molecule has 4 heterocycles. The second kappa shape index (κ2) is 8.76. The smallest absolute Gasteiger partial charge is 0.224 e. The van der Waals surface area contributed by atoms with Crippen molar-refractivity contribution in [3.63, 3.8) is 0 Å². The van der Waals surface area contributed by atoms with Crippen LogP contribution in [-0.2, 0) is 7.05 Å². The number of hydrogen-bond donors (Lipinski definition) is 0. The molecule has 0 N–H and O–H groups in total. The molecule has 0 unspecified atom stereocenters. The first-order valence-electron chi connectivity index (χ1n) is 14.7. The molecule has 0 fully saturated rings. The lowest BCUT2D eigenvalue weighted by molar-refractivity contribution is -0.643. The Morgan fingerprint density at radius 2 is 1.50 bits per heavy atom. The third-order valence-electron chi connectivity index (χ3n) is 9.01. The third kappa shape index (κ3) is 3.36. The first kappa shape index (κ1) is 25.0. The second-order valence-corrected chi connectivity index (χ2v) is 12.6. The minimum Gasteiger partial charge on any atom is -0.292 e. The van der Waals surface area contributed by atoms with Crippen LogP contribution in [0.3, 0.4) is 0 Å². The fraction of sp³-hybridized carbons (Fsp3) is 0.297. The van der Waals surface area contributed by atoms with E-state index in [1.165, 1.54) is 76.9 Å². The molecule has 3 aromatic carbocycles. The van der Waals surface area contributed by atoms with Crippen LogP contribution >= 0.6 is 0 Å². The minimum atomic E-state index is 0.423. The molecule has 7 rings (SSSR count). The standard InChI is InChI=1S/C37H38N3/c1-20(2)25-17-29(21(3)4)33(30(18-25)22(5)6)26-16-24-13-15-39(8)36-32-23(7)11-12-27-28-10-9-14-38-37(28)40(35(27)32)31(19-26)34(24)36/h9-22H,1-8H3/q+1. The maximum absolute atomic E-state index is 4.96. The summed E-state index contributed by atoms with van der Waals surface area (Å²) in [6.45, 7) is 16.2. The van der Waals surface area contributed by atoms with Gasteiger partial charge in [-0.05, 0) is 87.7 Å². The number of pyridine rings is 3. The van der Waals surface area contributed by atoms with Gasteiger partial charge in [-0.1, -0.05) is 65.8 Å². The van der Waals surface area contributed by atoms with Gasteiger partial charge in [-0.2, -0.15) is 0 Å². The zero-order valence-electron chi connectivity index (χ0n) is 24.9. The molecule has 0 spiro atoms. The van der Waals surface area contributed by atoms with E-state index >= 15 is 0 Å². The SMILES string of the molecule is Cc1ccc2c3cccnc3n3c4cc(-c5c(C(C)C)cc(C(C)C)cc5C(C)C)cc5cc[n+](C)c(c1c23)c54. The van der Waals surface area contributed by atoms with Crippen molar-refractivity contribution in [1.29, 1.82) is 0 Å². The fourth-order valence-corrected chi connectivity index (χ4v) is 6.96. The second-order valence-electron chi connectivity index (χ2n) is 12.6. The average molecular weight is 525 g/mol. The van der Waals surface area contributed by atoms with Crippen LogP contribution in [0.5, 0.6) is 0 Å². The highest BCUT2D eigenvalue weighted by molar-refractivity contribution is 6.25. The van der Waals surface area contributed by atoms with Crippen molar-refractivity contribution in [2.45, 2.75) is 66.2 Å². The highest BCUT2D eigenvalue weighted by Crippen LogP contribution is 2.44. The lowest BCUT2D eigenvalue weighted by Gasteiger charge is -2.24. The Bertz CT molecular complexity index is 2080. The van der Waals surface area contributed by atoms with E-state index < -0.39 is 0 Å². The molecule has 0 bridgehead atoms. The molecule has 0 radical (unpaired) electrons. The number of nitrogens with zero attached hydrogens (tertiary/aromatic N) is 3. The monoisotopic (exact) mass is 524 g/mol. The van der Waals surface area contributed by atoms with Gasteiger partial charge in [0.1, 0.15) is 12.7 Å². The first-order valence-corrected chi connectivity index (χ1v) is 14.7. The van der Waals surface area contributed by atoms with E-state index in [0.717, 1.165) is 5.65 Å². The fourth-order valence-electron chi connectivity index (χ4n) is 6.96. The van der Waals surface area contributed by atoms with Crippen LogP contribution < -0.4 is 4.57 Å². The van der Waals surface area contributed by atoms with E-state index in [1.54, 1.807) is 0 Å². The maximum atomic E-state index is 4.96. The molecule has 7 aromatic rings. The molecule has 0 aliphatic carbocycles. The molecule has 4 aromatic heterocycles. The summed E-state index contributed by atoms with van der Waals surface area (Å²) in [5.41, 5.74) is 13.1. The molecule has 0 amide bonds. The maximum Gasteiger partial charge on any atom is 0.224 e. The Labute approximate surface area is 236 Å². The molecule has 0 aliphatic rings. The van der Waals surface area contributed by atoms with Gasteiger partial charge in [0, 0.05) is 23.0 Å². The number of aromatic nitrogens is 3. The molecule has 3 nitrogen and oxygen atoms in total. The van der Waals surface area contributed by atoms with E-state index in [0.29, 0.717) is 17.8 Å². The third-order valence-corrected chi connectivity index (χ3v) is 9.01. The van der Waals surface area contributed by atoms with Gasteiger partial charge >= 0.3 is 0 Å². The number of aryl methyl sites for hydroxylation is 2. The predicted octanol–water partition coefficient (Wildman–Crippen LogP) is 9.56.